The van der Waals surface area contributed by atoms with Gasteiger partial charge in [0.2, 0.25) is 0 Å². The van der Waals surface area contributed by atoms with Crippen LogP contribution in [0.1, 0.15) is 44.3 Å². The highest BCUT2D eigenvalue weighted by Crippen LogP contribution is 2.35. The normalized spacial score (nSPS) is 11.7. The summed E-state index contributed by atoms with van der Waals surface area (Å²) in [5.41, 5.74) is 7.87. The molecule has 0 aliphatic heterocycles. The van der Waals surface area contributed by atoms with Crippen molar-refractivity contribution < 1.29 is 0 Å². The van der Waals surface area contributed by atoms with E-state index < -0.39 is 0 Å². The number of hydrogen-bond acceptors (Lipinski definition) is 6. The van der Waals surface area contributed by atoms with Gasteiger partial charge in [-0.3, -0.25) is 4.90 Å². The molecule has 0 bridgehead atoms. The lowest BCUT2D eigenvalue weighted by atomic mass is 10.1. The van der Waals surface area contributed by atoms with Crippen LogP contribution in [0.2, 0.25) is 0 Å². The fourth-order valence-corrected chi connectivity index (χ4v) is 3.90. The van der Waals surface area contributed by atoms with Gasteiger partial charge in [-0.25, -0.2) is 9.97 Å². The highest BCUT2D eigenvalue weighted by Gasteiger charge is 2.18. The number of aromatic nitrogens is 2. The Morgan fingerprint density at radius 1 is 1.25 bits per heavy atom. The topological polar surface area (TPSA) is 55.0 Å². The molecule has 0 radical (unpaired) electrons. The van der Waals surface area contributed by atoms with E-state index in [2.05, 4.69) is 37.6 Å². The van der Waals surface area contributed by atoms with Crippen molar-refractivity contribution in [3.8, 4) is 10.6 Å². The van der Waals surface area contributed by atoms with E-state index in [1.54, 1.807) is 11.3 Å². The molecule has 20 heavy (non-hydrogen) atoms. The minimum absolute atomic E-state index is 0.398. The minimum Gasteiger partial charge on any atom is -0.375 e. The first kappa shape index (κ1) is 15.4. The van der Waals surface area contributed by atoms with Gasteiger partial charge in [-0.2, -0.15) is 0 Å². The molecule has 2 aromatic heterocycles. The van der Waals surface area contributed by atoms with Crippen molar-refractivity contribution in [1.29, 1.82) is 0 Å². The van der Waals surface area contributed by atoms with E-state index in [-0.39, 0.29) is 0 Å². The van der Waals surface area contributed by atoms with Crippen LogP contribution in [0.25, 0.3) is 10.6 Å². The zero-order chi connectivity index (χ0) is 14.7. The summed E-state index contributed by atoms with van der Waals surface area (Å²) >= 11 is 3.24. The van der Waals surface area contributed by atoms with Crippen LogP contribution in [0, 0.1) is 0 Å². The van der Waals surface area contributed by atoms with E-state index >= 15 is 0 Å². The molecule has 0 aliphatic rings. The third-order valence-electron chi connectivity index (χ3n) is 3.25. The van der Waals surface area contributed by atoms with Crippen molar-refractivity contribution in [1.82, 2.24) is 14.9 Å². The zero-order valence-corrected chi connectivity index (χ0v) is 14.1. The van der Waals surface area contributed by atoms with Gasteiger partial charge >= 0.3 is 0 Å². The second-order valence-corrected chi connectivity index (χ2v) is 6.98. The third-order valence-corrected chi connectivity index (χ3v) is 5.00. The zero-order valence-electron chi connectivity index (χ0n) is 12.5. The van der Waals surface area contributed by atoms with Gasteiger partial charge in [0.05, 0.1) is 22.8 Å². The van der Waals surface area contributed by atoms with Crippen LogP contribution in [-0.2, 0) is 6.54 Å². The predicted molar refractivity (Wildman–Crippen MR) is 88.3 cm³/mol. The van der Waals surface area contributed by atoms with Gasteiger partial charge in [0.15, 0.2) is 5.13 Å². The van der Waals surface area contributed by atoms with Crippen LogP contribution < -0.4 is 5.73 Å². The van der Waals surface area contributed by atoms with E-state index in [4.69, 9.17) is 10.7 Å². The van der Waals surface area contributed by atoms with E-state index in [1.807, 2.05) is 5.38 Å². The quantitative estimate of drug-likeness (QED) is 0.881. The molecule has 0 fully saturated rings. The number of rotatable bonds is 6. The number of thiazole rings is 2. The van der Waals surface area contributed by atoms with Gasteiger partial charge in [-0.15, -0.1) is 22.7 Å². The summed E-state index contributed by atoms with van der Waals surface area (Å²) in [6, 6.07) is 0. The molecule has 0 amide bonds. The SMILES string of the molecule is CCN(CC)Cc1nc(C(C)C)c(-c2csc(N)n2)s1. The second-order valence-electron chi connectivity index (χ2n) is 5.01. The highest BCUT2D eigenvalue weighted by atomic mass is 32.1. The Hall–Kier alpha value is -0.980. The fraction of sp³-hybridized carbons (Fsp3) is 0.571. The summed E-state index contributed by atoms with van der Waals surface area (Å²) in [6.07, 6.45) is 0. The number of nitrogens with two attached hydrogens (primary N) is 1. The molecule has 2 heterocycles. The summed E-state index contributed by atoms with van der Waals surface area (Å²) < 4.78 is 0. The maximum Gasteiger partial charge on any atom is 0.180 e. The van der Waals surface area contributed by atoms with Crippen LogP contribution in [0.15, 0.2) is 5.38 Å². The number of hydrogen-bond donors (Lipinski definition) is 1. The number of anilines is 1. The summed E-state index contributed by atoms with van der Waals surface area (Å²) in [4.78, 5) is 12.8. The molecule has 2 N–H and O–H groups in total. The predicted octanol–water partition coefficient (Wildman–Crippen LogP) is 3.81. The summed E-state index contributed by atoms with van der Waals surface area (Å²) in [6.45, 7) is 11.7. The molecule has 110 valence electrons. The molecule has 6 heteroatoms. The lowest BCUT2D eigenvalue weighted by Gasteiger charge is -2.15. The Labute approximate surface area is 128 Å². The monoisotopic (exact) mass is 310 g/mol. The summed E-state index contributed by atoms with van der Waals surface area (Å²) in [5.74, 6) is 0.398. The van der Waals surface area contributed by atoms with Gasteiger partial charge in [-0.1, -0.05) is 27.7 Å². The van der Waals surface area contributed by atoms with E-state index in [9.17, 15) is 0 Å². The molecule has 2 aromatic rings. The molecular weight excluding hydrogens is 288 g/mol. The Kier molecular flexibility index (Phi) is 5.12. The molecule has 0 saturated heterocycles. The van der Waals surface area contributed by atoms with Gasteiger partial charge in [0, 0.05) is 5.38 Å². The van der Waals surface area contributed by atoms with Gasteiger partial charge in [0.1, 0.15) is 5.01 Å². The average molecular weight is 310 g/mol. The Bertz CT molecular complexity index is 555. The Morgan fingerprint density at radius 3 is 2.45 bits per heavy atom. The molecule has 0 saturated carbocycles. The smallest absolute Gasteiger partial charge is 0.180 e. The van der Waals surface area contributed by atoms with Crippen molar-refractivity contribution in [2.24, 2.45) is 0 Å². The molecule has 2 rings (SSSR count). The molecule has 0 unspecified atom stereocenters. The van der Waals surface area contributed by atoms with Crippen molar-refractivity contribution in [3.63, 3.8) is 0 Å². The molecule has 0 aromatic carbocycles. The van der Waals surface area contributed by atoms with Gasteiger partial charge in [-0.05, 0) is 19.0 Å². The molecule has 0 atom stereocenters. The first-order valence-electron chi connectivity index (χ1n) is 6.98. The van der Waals surface area contributed by atoms with E-state index in [1.165, 1.54) is 21.2 Å². The van der Waals surface area contributed by atoms with Crippen LogP contribution in [0.3, 0.4) is 0 Å². The Morgan fingerprint density at radius 2 is 1.95 bits per heavy atom. The van der Waals surface area contributed by atoms with Crippen LogP contribution in [0.4, 0.5) is 5.13 Å². The van der Waals surface area contributed by atoms with Crippen LogP contribution in [-0.4, -0.2) is 28.0 Å². The largest absolute Gasteiger partial charge is 0.375 e. The van der Waals surface area contributed by atoms with E-state index in [0.717, 1.165) is 31.0 Å². The minimum atomic E-state index is 0.398. The van der Waals surface area contributed by atoms with Crippen LogP contribution >= 0.6 is 22.7 Å². The van der Waals surface area contributed by atoms with E-state index in [0.29, 0.717) is 11.0 Å². The maximum absolute atomic E-state index is 5.76. The average Bonchev–Trinajstić information content (AvgIpc) is 3.02. The lowest BCUT2D eigenvalue weighted by molar-refractivity contribution is 0.295. The molecule has 4 nitrogen and oxygen atoms in total. The Balaban J connectivity index is 2.33. The first-order chi connectivity index (χ1) is 9.55. The number of nitrogens with zero attached hydrogens (tertiary/aromatic N) is 3. The standard InChI is InChI=1S/C14H22N4S2/c1-5-18(6-2)7-11-17-12(9(3)4)13(20-11)10-8-19-14(15)16-10/h8-9H,5-7H2,1-4H3,(H2,15,16). The lowest BCUT2D eigenvalue weighted by Crippen LogP contribution is -2.21. The molecule has 0 aliphatic carbocycles. The number of nitrogen functional groups attached to an aromatic ring is 1. The summed E-state index contributed by atoms with van der Waals surface area (Å²) in [5, 5.41) is 3.81. The first-order valence-corrected chi connectivity index (χ1v) is 8.68. The van der Waals surface area contributed by atoms with Crippen molar-refractivity contribution in [3.05, 3.63) is 16.1 Å². The van der Waals surface area contributed by atoms with Crippen molar-refractivity contribution >= 4 is 27.8 Å². The molecular formula is C14H22N4S2. The van der Waals surface area contributed by atoms with Crippen molar-refractivity contribution in [2.45, 2.75) is 40.2 Å². The fourth-order valence-electron chi connectivity index (χ4n) is 2.05. The van der Waals surface area contributed by atoms with Crippen molar-refractivity contribution in [2.75, 3.05) is 18.8 Å². The van der Waals surface area contributed by atoms with Gasteiger partial charge < -0.3 is 5.73 Å². The maximum atomic E-state index is 5.76. The molecule has 0 spiro atoms. The highest BCUT2D eigenvalue weighted by molar-refractivity contribution is 7.16. The van der Waals surface area contributed by atoms with Crippen LogP contribution in [0.5, 0.6) is 0 Å². The second kappa shape index (κ2) is 6.65. The van der Waals surface area contributed by atoms with Gasteiger partial charge in [0.25, 0.3) is 0 Å². The summed E-state index contributed by atoms with van der Waals surface area (Å²) in [7, 11) is 0. The third kappa shape index (κ3) is 3.37.